The van der Waals surface area contributed by atoms with Gasteiger partial charge in [0.1, 0.15) is 5.37 Å². The zero-order valence-electron chi connectivity index (χ0n) is 7.90. The average molecular weight is 234 g/mol. The average Bonchev–Trinajstić information content (AvgIpc) is 2.24. The lowest BCUT2D eigenvalue weighted by molar-refractivity contribution is -0.159. The predicted molar refractivity (Wildman–Crippen MR) is 57.3 cm³/mol. The van der Waals surface area contributed by atoms with Gasteiger partial charge >= 0.3 is 0 Å². The van der Waals surface area contributed by atoms with E-state index in [0.29, 0.717) is 12.5 Å². The van der Waals surface area contributed by atoms with Crippen molar-refractivity contribution in [3.63, 3.8) is 0 Å². The third kappa shape index (κ3) is 1.55. The van der Waals surface area contributed by atoms with Gasteiger partial charge in [-0.3, -0.25) is 4.79 Å². The van der Waals surface area contributed by atoms with Crippen LogP contribution in [-0.2, 0) is 9.53 Å². The molecule has 1 amide bonds. The van der Waals surface area contributed by atoms with Crippen LogP contribution >= 0.6 is 23.4 Å². The second kappa shape index (κ2) is 4.13. The Kier molecular flexibility index (Phi) is 3.04. The summed E-state index contributed by atoms with van der Waals surface area (Å²) in [6, 6.07) is 0. The summed E-state index contributed by atoms with van der Waals surface area (Å²) in [5.41, 5.74) is 1.11. The summed E-state index contributed by atoms with van der Waals surface area (Å²) in [5, 5.41) is 0.175. The van der Waals surface area contributed by atoms with Crippen LogP contribution in [0.2, 0.25) is 0 Å². The molecule has 0 aromatic carbocycles. The van der Waals surface area contributed by atoms with Gasteiger partial charge in [-0.1, -0.05) is 0 Å². The Balaban J connectivity index is 2.04. The van der Waals surface area contributed by atoms with Gasteiger partial charge in [-0.2, -0.15) is 0 Å². The highest BCUT2D eigenvalue weighted by Gasteiger charge is 2.49. The lowest BCUT2D eigenvalue weighted by atomic mass is 10.1. The Morgan fingerprint density at radius 1 is 1.79 bits per heavy atom. The molecule has 1 unspecified atom stereocenters. The predicted octanol–water partition coefficient (Wildman–Crippen LogP) is 1.43. The fraction of sp³-hybridized carbons (Fsp3) is 0.667. The van der Waals surface area contributed by atoms with Crippen molar-refractivity contribution < 1.29 is 9.53 Å². The van der Waals surface area contributed by atoms with E-state index in [9.17, 15) is 4.79 Å². The molecule has 0 radical (unpaired) electrons. The van der Waals surface area contributed by atoms with Gasteiger partial charge in [0, 0.05) is 24.4 Å². The molecule has 5 heteroatoms. The van der Waals surface area contributed by atoms with Crippen LogP contribution < -0.4 is 0 Å². The number of thioether (sulfide) groups is 1. The minimum atomic E-state index is -0.238. The Bertz CT molecular complexity index is 282. The van der Waals surface area contributed by atoms with Gasteiger partial charge < -0.3 is 9.64 Å². The maximum absolute atomic E-state index is 11.5. The van der Waals surface area contributed by atoms with E-state index in [0.717, 1.165) is 11.3 Å². The van der Waals surface area contributed by atoms with Crippen LogP contribution in [0, 0.1) is 0 Å². The topological polar surface area (TPSA) is 29.5 Å². The molecule has 2 heterocycles. The van der Waals surface area contributed by atoms with E-state index in [2.05, 4.69) is 0 Å². The first-order chi connectivity index (χ1) is 6.77. The summed E-state index contributed by atoms with van der Waals surface area (Å²) in [7, 11) is 0. The number of carbonyl (C=O) groups is 1. The lowest BCUT2D eigenvalue weighted by Crippen LogP contribution is -2.63. The lowest BCUT2D eigenvalue weighted by Gasteiger charge is -2.46. The van der Waals surface area contributed by atoms with Crippen molar-refractivity contribution in [1.29, 1.82) is 0 Å². The van der Waals surface area contributed by atoms with E-state index in [4.69, 9.17) is 16.3 Å². The first-order valence-corrected chi connectivity index (χ1v) is 6.17. The maximum Gasteiger partial charge on any atom is 0.259 e. The third-order valence-electron chi connectivity index (χ3n) is 2.31. The number of ether oxygens (including phenoxy) is 1. The van der Waals surface area contributed by atoms with Crippen LogP contribution in [0.25, 0.3) is 0 Å². The molecule has 1 saturated heterocycles. The molecule has 0 N–H and O–H groups in total. The first kappa shape index (κ1) is 10.3. The van der Waals surface area contributed by atoms with Crippen molar-refractivity contribution in [3.8, 4) is 0 Å². The normalized spacial score (nSPS) is 30.9. The first-order valence-electron chi connectivity index (χ1n) is 4.59. The molecule has 2 aliphatic rings. The van der Waals surface area contributed by atoms with Crippen molar-refractivity contribution in [3.05, 3.63) is 11.8 Å². The largest absolute Gasteiger partial charge is 0.366 e. The summed E-state index contributed by atoms with van der Waals surface area (Å²) >= 11 is 7.44. The molecular weight excluding hydrogens is 222 g/mol. The highest BCUT2D eigenvalue weighted by Crippen LogP contribution is 2.37. The Labute approximate surface area is 92.4 Å². The highest BCUT2D eigenvalue weighted by atomic mass is 35.5. The van der Waals surface area contributed by atoms with Crippen molar-refractivity contribution in [2.75, 3.05) is 18.2 Å². The number of hydrogen-bond donors (Lipinski definition) is 0. The van der Waals surface area contributed by atoms with Crippen LogP contribution in [-0.4, -0.2) is 40.5 Å². The van der Waals surface area contributed by atoms with Crippen LogP contribution in [0.1, 0.15) is 6.92 Å². The molecule has 2 aliphatic heterocycles. The Morgan fingerprint density at radius 2 is 2.57 bits per heavy atom. The molecule has 3 nitrogen and oxygen atoms in total. The molecular formula is C9H12ClNO2S. The second-order valence-corrected chi connectivity index (χ2v) is 4.62. The number of β-lactam (4-membered cyclic amide) rings is 1. The number of halogens is 1. The fourth-order valence-corrected chi connectivity index (χ4v) is 3.13. The quantitative estimate of drug-likeness (QED) is 0.546. The summed E-state index contributed by atoms with van der Waals surface area (Å²) in [4.78, 5) is 13.3. The maximum atomic E-state index is 11.5. The van der Waals surface area contributed by atoms with E-state index in [-0.39, 0.29) is 17.4 Å². The fourth-order valence-electron chi connectivity index (χ4n) is 1.60. The van der Waals surface area contributed by atoms with Gasteiger partial charge in [0.2, 0.25) is 0 Å². The van der Waals surface area contributed by atoms with Crippen molar-refractivity contribution in [1.82, 2.24) is 4.90 Å². The van der Waals surface area contributed by atoms with Gasteiger partial charge in [-0.05, 0) is 12.5 Å². The number of amides is 1. The van der Waals surface area contributed by atoms with E-state index in [1.54, 1.807) is 16.7 Å². The number of rotatable bonds is 3. The number of carbonyl (C=O) groups excluding carboxylic acids is 1. The van der Waals surface area contributed by atoms with Gasteiger partial charge in [0.15, 0.2) is 6.10 Å². The van der Waals surface area contributed by atoms with Crippen LogP contribution in [0.5, 0.6) is 0 Å². The summed E-state index contributed by atoms with van der Waals surface area (Å²) in [6.45, 7) is 2.50. The molecule has 0 bridgehead atoms. The molecule has 14 heavy (non-hydrogen) atoms. The Hall–Kier alpha value is -0.190. The summed E-state index contributed by atoms with van der Waals surface area (Å²) in [5.74, 6) is 1.47. The van der Waals surface area contributed by atoms with Gasteiger partial charge in [-0.15, -0.1) is 23.4 Å². The zero-order chi connectivity index (χ0) is 10.1. The van der Waals surface area contributed by atoms with Gasteiger partial charge in [0.25, 0.3) is 5.91 Å². The summed E-state index contributed by atoms with van der Waals surface area (Å²) in [6.07, 6.45) is 1.63. The number of hydrogen-bond acceptors (Lipinski definition) is 3. The molecule has 1 fully saturated rings. The molecule has 0 aromatic rings. The molecule has 78 valence electrons. The zero-order valence-corrected chi connectivity index (χ0v) is 9.48. The van der Waals surface area contributed by atoms with Crippen molar-refractivity contribution in [2.24, 2.45) is 0 Å². The molecule has 0 aromatic heterocycles. The van der Waals surface area contributed by atoms with E-state index >= 15 is 0 Å². The van der Waals surface area contributed by atoms with Crippen LogP contribution in [0.15, 0.2) is 11.8 Å². The van der Waals surface area contributed by atoms with Crippen LogP contribution in [0.3, 0.4) is 0 Å². The summed E-state index contributed by atoms with van der Waals surface area (Å²) < 4.78 is 5.35. The molecule has 2 atom stereocenters. The van der Waals surface area contributed by atoms with E-state index in [1.807, 2.05) is 13.1 Å². The smallest absolute Gasteiger partial charge is 0.259 e. The van der Waals surface area contributed by atoms with E-state index < -0.39 is 0 Å². The standard InChI is InChI=1S/C9H12ClNO2S/c1-2-13-7-8(12)11-4-6(3-10)5-14-9(7)11/h4,7,9H,2-3,5H2,1H3/t7?,9-/m0/s1. The molecule has 0 spiro atoms. The monoisotopic (exact) mass is 233 g/mol. The second-order valence-electron chi connectivity index (χ2n) is 3.24. The van der Waals surface area contributed by atoms with Gasteiger partial charge in [-0.25, -0.2) is 0 Å². The molecule has 0 saturated carbocycles. The number of nitrogens with zero attached hydrogens (tertiary/aromatic N) is 1. The third-order valence-corrected chi connectivity index (χ3v) is 4.01. The van der Waals surface area contributed by atoms with Crippen molar-refractivity contribution >= 4 is 29.3 Å². The number of alkyl halides is 1. The Morgan fingerprint density at radius 3 is 3.21 bits per heavy atom. The highest BCUT2D eigenvalue weighted by molar-refractivity contribution is 8.00. The van der Waals surface area contributed by atoms with Crippen molar-refractivity contribution in [2.45, 2.75) is 18.4 Å². The molecule has 2 rings (SSSR count). The number of fused-ring (bicyclic) bond motifs is 1. The minimum absolute atomic E-state index is 0.0617. The van der Waals surface area contributed by atoms with E-state index in [1.165, 1.54) is 0 Å². The van der Waals surface area contributed by atoms with Crippen LogP contribution in [0.4, 0.5) is 0 Å². The minimum Gasteiger partial charge on any atom is -0.366 e. The van der Waals surface area contributed by atoms with Gasteiger partial charge in [0.05, 0.1) is 0 Å². The SMILES string of the molecule is CCOC1C(=O)N2C=C(CCl)CS[C@@H]12. The molecule has 0 aliphatic carbocycles.